The van der Waals surface area contributed by atoms with Gasteiger partial charge in [0.15, 0.2) is 0 Å². The van der Waals surface area contributed by atoms with E-state index in [1.807, 2.05) is 0 Å². The summed E-state index contributed by atoms with van der Waals surface area (Å²) in [5.74, 6) is 0.732. The molecule has 0 aliphatic carbocycles. The Morgan fingerprint density at radius 1 is 1.43 bits per heavy atom. The molecule has 0 saturated heterocycles. The highest BCUT2D eigenvalue weighted by atomic mass is 31.2. The first-order valence-corrected chi connectivity index (χ1v) is 6.45. The van der Waals surface area contributed by atoms with E-state index < -0.39 is 7.75 Å². The molecule has 0 aromatic heterocycles. The molecule has 0 aromatic carbocycles. The number of aliphatic imine (C=N–C) groups is 1. The fourth-order valence-electron chi connectivity index (χ4n) is 1.23. The predicted octanol–water partition coefficient (Wildman–Crippen LogP) is 1.95. The number of rotatable bonds is 5. The Balaban J connectivity index is 2.53. The molecule has 0 bridgehead atoms. The fourth-order valence-corrected chi connectivity index (χ4v) is 2.61. The maximum Gasteiger partial charge on any atom is 0.433 e. The summed E-state index contributed by atoms with van der Waals surface area (Å²) >= 11 is 0. The van der Waals surface area contributed by atoms with Gasteiger partial charge in [0, 0.05) is 13.0 Å². The summed E-state index contributed by atoms with van der Waals surface area (Å²) in [5.41, 5.74) is 0. The Kier molecular flexibility index (Phi) is 4.58. The lowest BCUT2D eigenvalue weighted by Crippen LogP contribution is -2.21. The van der Waals surface area contributed by atoms with Crippen LogP contribution in [0.15, 0.2) is 4.99 Å². The van der Waals surface area contributed by atoms with E-state index in [1.54, 1.807) is 13.8 Å². The molecule has 1 rings (SSSR count). The van der Waals surface area contributed by atoms with E-state index in [9.17, 15) is 4.57 Å². The van der Waals surface area contributed by atoms with Crippen molar-refractivity contribution in [2.24, 2.45) is 4.99 Å². The Bertz CT molecular complexity index is 245. The lowest BCUT2D eigenvalue weighted by molar-refractivity contribution is 0.216. The largest absolute Gasteiger partial charge is 0.433 e. The van der Waals surface area contributed by atoms with Gasteiger partial charge in [-0.3, -0.25) is 19.1 Å². The molecule has 1 heterocycles. The first-order chi connectivity index (χ1) is 6.70. The molecule has 0 aromatic rings. The van der Waals surface area contributed by atoms with E-state index in [-0.39, 0.29) is 0 Å². The van der Waals surface area contributed by atoms with Gasteiger partial charge in [-0.05, 0) is 20.3 Å². The maximum absolute atomic E-state index is 11.9. The summed E-state index contributed by atoms with van der Waals surface area (Å²) in [6, 6.07) is 0. The van der Waals surface area contributed by atoms with Crippen LogP contribution in [0, 0.1) is 0 Å². The lowest BCUT2D eigenvalue weighted by atomic mass is 10.3. The van der Waals surface area contributed by atoms with Crippen molar-refractivity contribution in [3.8, 4) is 0 Å². The Morgan fingerprint density at radius 3 is 2.50 bits per heavy atom. The predicted molar refractivity (Wildman–Crippen MR) is 55.5 cm³/mol. The standard InChI is InChI=1S/C8H17N2O3P/c1-3-12-14(11,13-4-2)10-8-6-5-7-9-8/h3-7H2,1-2H3,(H,9,10,11). The van der Waals surface area contributed by atoms with Crippen LogP contribution in [0.25, 0.3) is 0 Å². The molecule has 82 valence electrons. The molecule has 1 aliphatic heterocycles. The number of nitrogens with zero attached hydrogens (tertiary/aromatic N) is 1. The SMILES string of the molecule is CCOP(=O)(NC1=NCCC1)OCC. The summed E-state index contributed by atoms with van der Waals surface area (Å²) in [4.78, 5) is 4.16. The van der Waals surface area contributed by atoms with Crippen LogP contribution < -0.4 is 5.09 Å². The van der Waals surface area contributed by atoms with Crippen LogP contribution in [0.5, 0.6) is 0 Å². The number of nitrogens with one attached hydrogen (secondary N) is 1. The van der Waals surface area contributed by atoms with Crippen molar-refractivity contribution >= 4 is 13.6 Å². The first-order valence-electron chi connectivity index (χ1n) is 4.91. The lowest BCUT2D eigenvalue weighted by Gasteiger charge is -2.18. The summed E-state index contributed by atoms with van der Waals surface area (Å²) in [6.07, 6.45) is 1.82. The molecule has 0 atom stereocenters. The normalized spacial score (nSPS) is 16.9. The molecule has 6 heteroatoms. The Morgan fingerprint density at radius 2 is 2.07 bits per heavy atom. The molecule has 0 spiro atoms. The third-order valence-electron chi connectivity index (χ3n) is 1.74. The van der Waals surface area contributed by atoms with Gasteiger partial charge in [0.05, 0.1) is 13.2 Å². The van der Waals surface area contributed by atoms with Gasteiger partial charge in [-0.2, -0.15) is 0 Å². The van der Waals surface area contributed by atoms with Crippen LogP contribution in [0.3, 0.4) is 0 Å². The minimum Gasteiger partial charge on any atom is -0.293 e. The second kappa shape index (κ2) is 5.49. The van der Waals surface area contributed by atoms with E-state index >= 15 is 0 Å². The van der Waals surface area contributed by atoms with Gasteiger partial charge in [0.2, 0.25) is 0 Å². The molecule has 1 N–H and O–H groups in total. The zero-order valence-electron chi connectivity index (χ0n) is 8.65. The maximum atomic E-state index is 11.9. The quantitative estimate of drug-likeness (QED) is 0.719. The van der Waals surface area contributed by atoms with E-state index in [1.165, 1.54) is 0 Å². The average molecular weight is 220 g/mol. The monoisotopic (exact) mass is 220 g/mol. The molecule has 1 aliphatic rings. The second-order valence-corrected chi connectivity index (χ2v) is 4.61. The summed E-state index contributed by atoms with van der Waals surface area (Å²) < 4.78 is 22.1. The van der Waals surface area contributed by atoms with Gasteiger partial charge in [0.1, 0.15) is 5.84 Å². The van der Waals surface area contributed by atoms with Crippen molar-refractivity contribution in [2.45, 2.75) is 26.7 Å². The van der Waals surface area contributed by atoms with E-state index in [2.05, 4.69) is 10.1 Å². The molecule has 14 heavy (non-hydrogen) atoms. The van der Waals surface area contributed by atoms with E-state index in [0.29, 0.717) is 13.2 Å². The first kappa shape index (κ1) is 11.7. The summed E-state index contributed by atoms with van der Waals surface area (Å²) in [7, 11) is -3.15. The van der Waals surface area contributed by atoms with Crippen LogP contribution >= 0.6 is 7.75 Å². The van der Waals surface area contributed by atoms with E-state index in [0.717, 1.165) is 25.2 Å². The molecular formula is C8H17N2O3P. The molecule has 0 saturated carbocycles. The van der Waals surface area contributed by atoms with Gasteiger partial charge in [-0.25, -0.2) is 4.57 Å². The number of amidine groups is 1. The van der Waals surface area contributed by atoms with E-state index in [4.69, 9.17) is 9.05 Å². The van der Waals surface area contributed by atoms with Gasteiger partial charge in [0.25, 0.3) is 0 Å². The van der Waals surface area contributed by atoms with Crippen LogP contribution in [0.2, 0.25) is 0 Å². The van der Waals surface area contributed by atoms with Crippen molar-refractivity contribution in [3.05, 3.63) is 0 Å². The van der Waals surface area contributed by atoms with Gasteiger partial charge in [-0.15, -0.1) is 0 Å². The molecule has 0 fully saturated rings. The van der Waals surface area contributed by atoms with Crippen LogP contribution in [0.4, 0.5) is 0 Å². The number of hydrogen-bond acceptors (Lipinski definition) is 4. The van der Waals surface area contributed by atoms with Crippen molar-refractivity contribution in [1.29, 1.82) is 0 Å². The van der Waals surface area contributed by atoms with Crippen molar-refractivity contribution < 1.29 is 13.6 Å². The Labute approximate surface area is 84.5 Å². The van der Waals surface area contributed by atoms with Gasteiger partial charge in [-0.1, -0.05) is 0 Å². The zero-order valence-corrected chi connectivity index (χ0v) is 9.55. The van der Waals surface area contributed by atoms with Gasteiger partial charge < -0.3 is 0 Å². The third-order valence-corrected chi connectivity index (χ3v) is 3.47. The average Bonchev–Trinajstić information content (AvgIpc) is 2.57. The van der Waals surface area contributed by atoms with Crippen LogP contribution in [-0.2, 0) is 13.6 Å². The summed E-state index contributed by atoms with van der Waals surface area (Å²) in [6.45, 7) is 5.07. The minimum atomic E-state index is -3.15. The molecule has 0 unspecified atom stereocenters. The zero-order chi connectivity index (χ0) is 10.4. The number of hydrogen-bond donors (Lipinski definition) is 1. The Hall–Kier alpha value is -0.380. The second-order valence-electron chi connectivity index (χ2n) is 2.88. The van der Waals surface area contributed by atoms with Crippen LogP contribution in [0.1, 0.15) is 26.7 Å². The van der Waals surface area contributed by atoms with Crippen LogP contribution in [-0.4, -0.2) is 25.6 Å². The molecule has 5 nitrogen and oxygen atoms in total. The minimum absolute atomic E-state index is 0.359. The fraction of sp³-hybridized carbons (Fsp3) is 0.875. The highest BCUT2D eigenvalue weighted by Gasteiger charge is 2.25. The molecular weight excluding hydrogens is 203 g/mol. The highest BCUT2D eigenvalue weighted by Crippen LogP contribution is 2.43. The molecule has 0 radical (unpaired) electrons. The van der Waals surface area contributed by atoms with Gasteiger partial charge >= 0.3 is 7.75 Å². The van der Waals surface area contributed by atoms with Crippen molar-refractivity contribution in [1.82, 2.24) is 5.09 Å². The molecule has 0 amide bonds. The highest BCUT2D eigenvalue weighted by molar-refractivity contribution is 7.52. The topological polar surface area (TPSA) is 59.9 Å². The van der Waals surface area contributed by atoms with Crippen molar-refractivity contribution in [3.63, 3.8) is 0 Å². The summed E-state index contributed by atoms with van der Waals surface area (Å²) in [5, 5.41) is 2.76. The smallest absolute Gasteiger partial charge is 0.293 e. The third kappa shape index (κ3) is 3.40. The van der Waals surface area contributed by atoms with Crippen molar-refractivity contribution in [2.75, 3.05) is 19.8 Å².